The van der Waals surface area contributed by atoms with E-state index >= 15 is 0 Å². The topological polar surface area (TPSA) is 67.0 Å². The van der Waals surface area contributed by atoms with Gasteiger partial charge in [-0.1, -0.05) is 26.7 Å². The molecule has 0 saturated heterocycles. The summed E-state index contributed by atoms with van der Waals surface area (Å²) < 4.78 is 5.48. The lowest BCUT2D eigenvalue weighted by Crippen LogP contribution is -2.08. The van der Waals surface area contributed by atoms with E-state index in [-0.39, 0.29) is 5.97 Å². The lowest BCUT2D eigenvalue weighted by Gasteiger charge is -2.16. The molecule has 1 aromatic carbocycles. The van der Waals surface area contributed by atoms with Crippen molar-refractivity contribution in [2.75, 3.05) is 5.32 Å². The zero-order chi connectivity index (χ0) is 15.9. The van der Waals surface area contributed by atoms with Crippen molar-refractivity contribution in [3.63, 3.8) is 0 Å². The van der Waals surface area contributed by atoms with Crippen molar-refractivity contribution >= 4 is 17.5 Å². The van der Waals surface area contributed by atoms with E-state index in [0.29, 0.717) is 0 Å². The van der Waals surface area contributed by atoms with Crippen LogP contribution in [-0.4, -0.2) is 16.2 Å². The number of ether oxygens (including phenoxy) is 1. The van der Waals surface area contributed by atoms with Crippen LogP contribution in [0.3, 0.4) is 0 Å². The molecule has 0 aliphatic rings. The molecule has 0 fully saturated rings. The highest BCUT2D eigenvalue weighted by atomic mass is 16.5. The van der Waals surface area contributed by atoms with Crippen LogP contribution in [0.5, 0.6) is 5.75 Å². The third-order valence-electron chi connectivity index (χ3n) is 3.30. The van der Waals surface area contributed by atoms with Gasteiger partial charge < -0.3 is 10.1 Å². The smallest absolute Gasteiger partial charge is 0.308 e. The summed E-state index contributed by atoms with van der Waals surface area (Å²) in [6.07, 6.45) is 5.50. The summed E-state index contributed by atoms with van der Waals surface area (Å²) in [4.78, 5) is 11.4. The highest BCUT2D eigenvalue weighted by Gasteiger charge is 2.14. The zero-order valence-electron chi connectivity index (χ0n) is 13.4. The average molecular weight is 301 g/mol. The number of hydrogen-bond donors (Lipinski definition) is 2. The van der Waals surface area contributed by atoms with E-state index in [4.69, 9.17) is 4.74 Å². The van der Waals surface area contributed by atoms with Gasteiger partial charge in [0.25, 0.3) is 0 Å². The summed E-state index contributed by atoms with van der Waals surface area (Å²) in [6, 6.07) is 5.95. The Morgan fingerprint density at radius 2 is 1.86 bits per heavy atom. The lowest BCUT2D eigenvalue weighted by molar-refractivity contribution is -0.132. The predicted octanol–water partition coefficient (Wildman–Crippen LogP) is 3.98. The molecule has 2 rings (SSSR count). The molecule has 0 saturated carbocycles. The van der Waals surface area contributed by atoms with Gasteiger partial charge in [0.05, 0.1) is 0 Å². The molecular formula is C17H23N3O2. The molecule has 1 heterocycles. The Labute approximate surface area is 131 Å². The van der Waals surface area contributed by atoms with E-state index in [1.54, 1.807) is 6.20 Å². The minimum absolute atomic E-state index is 0.275. The van der Waals surface area contributed by atoms with Gasteiger partial charge in [0.1, 0.15) is 5.75 Å². The largest absolute Gasteiger partial charge is 0.426 e. The molecule has 0 atom stereocenters. The first kappa shape index (κ1) is 16.1. The maximum absolute atomic E-state index is 11.4. The molecule has 0 bridgehead atoms. The van der Waals surface area contributed by atoms with E-state index in [0.717, 1.165) is 54.1 Å². The number of anilines is 2. The average Bonchev–Trinajstić information content (AvgIpc) is 2.95. The van der Waals surface area contributed by atoms with E-state index in [1.165, 1.54) is 6.92 Å². The van der Waals surface area contributed by atoms with Crippen molar-refractivity contribution in [1.29, 1.82) is 0 Å². The minimum Gasteiger partial charge on any atom is -0.426 e. The fraction of sp³-hybridized carbons (Fsp3) is 0.412. The molecule has 1 aromatic heterocycles. The molecule has 0 spiro atoms. The molecule has 0 amide bonds. The van der Waals surface area contributed by atoms with Gasteiger partial charge in [-0.3, -0.25) is 9.89 Å². The summed E-state index contributed by atoms with van der Waals surface area (Å²) in [5.74, 6) is 1.22. The van der Waals surface area contributed by atoms with Crippen LogP contribution in [0.25, 0.3) is 0 Å². The zero-order valence-corrected chi connectivity index (χ0v) is 13.4. The first-order valence-corrected chi connectivity index (χ1v) is 7.75. The minimum atomic E-state index is -0.275. The van der Waals surface area contributed by atoms with Gasteiger partial charge in [0, 0.05) is 24.9 Å². The number of carbonyl (C=O) groups excluding carboxylic acids is 1. The number of aryl methyl sites for hydroxylation is 2. The van der Waals surface area contributed by atoms with E-state index in [1.807, 2.05) is 18.2 Å². The van der Waals surface area contributed by atoms with Crippen LogP contribution >= 0.6 is 0 Å². The van der Waals surface area contributed by atoms with Gasteiger partial charge in [0.2, 0.25) is 0 Å². The Hall–Kier alpha value is -2.30. The maximum Gasteiger partial charge on any atom is 0.308 e. The molecular weight excluding hydrogens is 278 g/mol. The van der Waals surface area contributed by atoms with Crippen molar-refractivity contribution < 1.29 is 9.53 Å². The fourth-order valence-corrected chi connectivity index (χ4v) is 2.49. The predicted molar refractivity (Wildman–Crippen MR) is 87.6 cm³/mol. The number of hydrogen-bond acceptors (Lipinski definition) is 4. The summed E-state index contributed by atoms with van der Waals surface area (Å²) in [7, 11) is 0. The van der Waals surface area contributed by atoms with E-state index in [9.17, 15) is 4.79 Å². The monoisotopic (exact) mass is 301 g/mol. The molecule has 2 N–H and O–H groups in total. The Morgan fingerprint density at radius 1 is 1.23 bits per heavy atom. The normalized spacial score (nSPS) is 10.5. The van der Waals surface area contributed by atoms with Crippen LogP contribution < -0.4 is 10.1 Å². The van der Waals surface area contributed by atoms with Gasteiger partial charge in [0.15, 0.2) is 5.82 Å². The third-order valence-corrected chi connectivity index (χ3v) is 3.30. The van der Waals surface area contributed by atoms with Crippen LogP contribution in [-0.2, 0) is 17.6 Å². The number of aromatic amines is 1. The Kier molecular flexibility index (Phi) is 5.58. The number of carbonyl (C=O) groups is 1. The SMILES string of the molecule is CCCc1cc(Nc2cc[nH]n2)cc(CCC)c1OC(C)=O. The second-order valence-corrected chi connectivity index (χ2v) is 5.30. The summed E-state index contributed by atoms with van der Waals surface area (Å²) in [5, 5.41) is 10.2. The number of H-pyrrole nitrogens is 1. The van der Waals surface area contributed by atoms with Gasteiger partial charge in [-0.25, -0.2) is 0 Å². The highest BCUT2D eigenvalue weighted by molar-refractivity contribution is 5.72. The molecule has 0 unspecified atom stereocenters. The molecule has 5 nitrogen and oxygen atoms in total. The van der Waals surface area contributed by atoms with Gasteiger partial charge in [-0.2, -0.15) is 5.10 Å². The summed E-state index contributed by atoms with van der Waals surface area (Å²) in [6.45, 7) is 5.68. The van der Waals surface area contributed by atoms with E-state index in [2.05, 4.69) is 29.4 Å². The van der Waals surface area contributed by atoms with Crippen molar-refractivity contribution in [1.82, 2.24) is 10.2 Å². The molecule has 2 aromatic rings. The molecule has 22 heavy (non-hydrogen) atoms. The number of nitrogens with zero attached hydrogens (tertiary/aromatic N) is 1. The maximum atomic E-state index is 11.4. The van der Waals surface area contributed by atoms with Crippen LogP contribution in [0, 0.1) is 0 Å². The number of nitrogens with one attached hydrogen (secondary N) is 2. The number of benzene rings is 1. The quantitative estimate of drug-likeness (QED) is 0.599. The second kappa shape index (κ2) is 7.64. The Morgan fingerprint density at radius 3 is 2.32 bits per heavy atom. The van der Waals surface area contributed by atoms with Gasteiger partial charge in [-0.05, 0) is 36.1 Å². The van der Waals surface area contributed by atoms with Crippen molar-refractivity contribution in [2.45, 2.75) is 46.5 Å². The van der Waals surface area contributed by atoms with E-state index < -0.39 is 0 Å². The van der Waals surface area contributed by atoms with Crippen LogP contribution in [0.2, 0.25) is 0 Å². The first-order chi connectivity index (χ1) is 10.6. The van der Waals surface area contributed by atoms with Crippen LogP contribution in [0.1, 0.15) is 44.7 Å². The number of esters is 1. The van der Waals surface area contributed by atoms with Crippen LogP contribution in [0.4, 0.5) is 11.5 Å². The molecule has 0 aliphatic carbocycles. The third kappa shape index (κ3) is 4.10. The van der Waals surface area contributed by atoms with Crippen molar-refractivity contribution in [3.05, 3.63) is 35.5 Å². The first-order valence-electron chi connectivity index (χ1n) is 7.75. The Balaban J connectivity index is 2.41. The van der Waals surface area contributed by atoms with Crippen molar-refractivity contribution in [2.24, 2.45) is 0 Å². The second-order valence-electron chi connectivity index (χ2n) is 5.30. The van der Waals surface area contributed by atoms with Gasteiger partial charge >= 0.3 is 5.97 Å². The molecule has 5 heteroatoms. The highest BCUT2D eigenvalue weighted by Crippen LogP contribution is 2.32. The summed E-state index contributed by atoms with van der Waals surface area (Å²) in [5.41, 5.74) is 3.08. The Bertz CT molecular complexity index is 594. The summed E-state index contributed by atoms with van der Waals surface area (Å²) >= 11 is 0. The molecule has 0 aliphatic heterocycles. The molecule has 0 radical (unpaired) electrons. The molecule has 118 valence electrons. The van der Waals surface area contributed by atoms with Crippen molar-refractivity contribution in [3.8, 4) is 5.75 Å². The lowest BCUT2D eigenvalue weighted by atomic mass is 10.0. The standard InChI is InChI=1S/C17H23N3O2/c1-4-6-13-10-15(19-16-8-9-18-20-16)11-14(7-5-2)17(13)22-12(3)21/h8-11H,4-7H2,1-3H3,(H2,18,19,20). The number of aromatic nitrogens is 2. The number of rotatable bonds is 7. The van der Waals surface area contributed by atoms with Gasteiger partial charge in [-0.15, -0.1) is 0 Å². The fourth-order valence-electron chi connectivity index (χ4n) is 2.49. The van der Waals surface area contributed by atoms with Crippen LogP contribution in [0.15, 0.2) is 24.4 Å².